The Kier molecular flexibility index (Phi) is 5.08. The summed E-state index contributed by atoms with van der Waals surface area (Å²) in [5.41, 5.74) is 0.431. The number of carbonyl (C=O) groups is 1. The first-order chi connectivity index (χ1) is 12.0. The summed E-state index contributed by atoms with van der Waals surface area (Å²) >= 11 is 1.31. The lowest BCUT2D eigenvalue weighted by atomic mass is 10.2. The second kappa shape index (κ2) is 7.43. The van der Waals surface area contributed by atoms with Crippen molar-refractivity contribution in [1.29, 1.82) is 0 Å². The standard InChI is InChI=1S/C17H15NO6S/c1-11-8-12(2-4-14(11)18(20)21)24-17(19)10-25-13-3-5-15-16(9-13)23-7-6-22-15/h2-5,8-9H,6-7,10H2,1H3. The molecule has 0 amide bonds. The van der Waals surface area contributed by atoms with E-state index in [0.717, 1.165) is 4.90 Å². The summed E-state index contributed by atoms with van der Waals surface area (Å²) in [6.45, 7) is 2.63. The normalized spacial score (nSPS) is 12.5. The number of carbonyl (C=O) groups excluding carboxylic acids is 1. The lowest BCUT2D eigenvalue weighted by molar-refractivity contribution is -0.385. The number of hydrogen-bond acceptors (Lipinski definition) is 7. The molecule has 0 unspecified atom stereocenters. The van der Waals surface area contributed by atoms with Crippen molar-refractivity contribution in [3.05, 3.63) is 52.1 Å². The summed E-state index contributed by atoms with van der Waals surface area (Å²) in [7, 11) is 0. The zero-order valence-corrected chi connectivity index (χ0v) is 14.2. The monoisotopic (exact) mass is 361 g/mol. The average molecular weight is 361 g/mol. The number of esters is 1. The number of nitro groups is 1. The van der Waals surface area contributed by atoms with Crippen LogP contribution in [0.25, 0.3) is 0 Å². The highest BCUT2D eigenvalue weighted by molar-refractivity contribution is 8.00. The number of fused-ring (bicyclic) bond motifs is 1. The number of thioether (sulfide) groups is 1. The van der Waals surface area contributed by atoms with E-state index in [2.05, 4.69) is 0 Å². The maximum Gasteiger partial charge on any atom is 0.321 e. The predicted octanol–water partition coefficient (Wildman–Crippen LogP) is 3.37. The Bertz CT molecular complexity index is 823. The third-order valence-electron chi connectivity index (χ3n) is 3.47. The van der Waals surface area contributed by atoms with Gasteiger partial charge in [-0.1, -0.05) is 0 Å². The second-order valence-electron chi connectivity index (χ2n) is 5.27. The van der Waals surface area contributed by atoms with E-state index < -0.39 is 10.9 Å². The van der Waals surface area contributed by atoms with E-state index in [1.807, 2.05) is 18.2 Å². The summed E-state index contributed by atoms with van der Waals surface area (Å²) in [5, 5.41) is 10.8. The molecule has 0 atom stereocenters. The van der Waals surface area contributed by atoms with Gasteiger partial charge in [0, 0.05) is 16.5 Å². The van der Waals surface area contributed by atoms with Crippen LogP contribution in [0, 0.1) is 17.0 Å². The molecule has 0 saturated heterocycles. The number of ether oxygens (including phenoxy) is 3. The van der Waals surface area contributed by atoms with E-state index in [1.165, 1.54) is 30.0 Å². The van der Waals surface area contributed by atoms with Gasteiger partial charge < -0.3 is 14.2 Å². The molecule has 7 nitrogen and oxygen atoms in total. The van der Waals surface area contributed by atoms with Gasteiger partial charge in [-0.25, -0.2) is 0 Å². The van der Waals surface area contributed by atoms with Crippen LogP contribution in [0.3, 0.4) is 0 Å². The number of nitro benzene ring substituents is 1. The van der Waals surface area contributed by atoms with Crippen molar-refractivity contribution in [2.45, 2.75) is 11.8 Å². The molecule has 0 N–H and O–H groups in total. The van der Waals surface area contributed by atoms with E-state index in [4.69, 9.17) is 14.2 Å². The van der Waals surface area contributed by atoms with Gasteiger partial charge in [-0.2, -0.15) is 0 Å². The minimum atomic E-state index is -0.474. The SMILES string of the molecule is Cc1cc(OC(=O)CSc2ccc3c(c2)OCCO3)ccc1[N+](=O)[O-]. The molecule has 0 radical (unpaired) electrons. The fourth-order valence-corrected chi connectivity index (χ4v) is 3.01. The Morgan fingerprint density at radius 1 is 1.20 bits per heavy atom. The maximum atomic E-state index is 12.0. The van der Waals surface area contributed by atoms with Crippen LogP contribution in [-0.4, -0.2) is 29.9 Å². The fourth-order valence-electron chi connectivity index (χ4n) is 2.31. The minimum absolute atomic E-state index is 0.00884. The number of aryl methyl sites for hydroxylation is 1. The highest BCUT2D eigenvalue weighted by Crippen LogP contribution is 2.34. The summed E-state index contributed by atoms with van der Waals surface area (Å²) in [6, 6.07) is 9.69. The van der Waals surface area contributed by atoms with E-state index in [9.17, 15) is 14.9 Å². The van der Waals surface area contributed by atoms with Crippen molar-refractivity contribution in [1.82, 2.24) is 0 Å². The minimum Gasteiger partial charge on any atom is -0.486 e. The Balaban J connectivity index is 1.58. The first-order valence-corrected chi connectivity index (χ1v) is 8.49. The summed E-state index contributed by atoms with van der Waals surface area (Å²) in [6.07, 6.45) is 0. The smallest absolute Gasteiger partial charge is 0.321 e. The molecule has 2 aromatic rings. The van der Waals surface area contributed by atoms with Crippen LogP contribution in [0.4, 0.5) is 5.69 Å². The van der Waals surface area contributed by atoms with E-state index in [1.54, 1.807) is 6.92 Å². The van der Waals surface area contributed by atoms with Gasteiger partial charge in [0.2, 0.25) is 0 Å². The van der Waals surface area contributed by atoms with E-state index in [0.29, 0.717) is 30.3 Å². The molecule has 25 heavy (non-hydrogen) atoms. The van der Waals surface area contributed by atoms with Gasteiger partial charge in [0.15, 0.2) is 11.5 Å². The third kappa shape index (κ3) is 4.21. The Morgan fingerprint density at radius 2 is 1.96 bits per heavy atom. The number of hydrogen-bond donors (Lipinski definition) is 0. The molecule has 8 heteroatoms. The van der Waals surface area contributed by atoms with Gasteiger partial charge in [0.25, 0.3) is 5.69 Å². The summed E-state index contributed by atoms with van der Waals surface area (Å²) < 4.78 is 16.2. The van der Waals surface area contributed by atoms with Crippen LogP contribution in [0.15, 0.2) is 41.3 Å². The molecule has 1 aliphatic rings. The molecule has 1 heterocycles. The van der Waals surface area contributed by atoms with Gasteiger partial charge in [-0.15, -0.1) is 11.8 Å². The highest BCUT2D eigenvalue weighted by Gasteiger charge is 2.15. The van der Waals surface area contributed by atoms with Gasteiger partial charge in [-0.05, 0) is 37.3 Å². The summed E-state index contributed by atoms with van der Waals surface area (Å²) in [4.78, 5) is 23.2. The first-order valence-electron chi connectivity index (χ1n) is 7.51. The Morgan fingerprint density at radius 3 is 2.68 bits per heavy atom. The van der Waals surface area contributed by atoms with Crippen molar-refractivity contribution in [3.63, 3.8) is 0 Å². The number of nitrogens with zero attached hydrogens (tertiary/aromatic N) is 1. The van der Waals surface area contributed by atoms with Crippen LogP contribution in [0.5, 0.6) is 17.2 Å². The summed E-state index contributed by atoms with van der Waals surface area (Å²) in [5.74, 6) is 1.31. The average Bonchev–Trinajstić information content (AvgIpc) is 2.59. The molecular formula is C17H15NO6S. The van der Waals surface area contributed by atoms with E-state index in [-0.39, 0.29) is 17.2 Å². The van der Waals surface area contributed by atoms with Crippen LogP contribution in [0.1, 0.15) is 5.56 Å². The van der Waals surface area contributed by atoms with Crippen LogP contribution in [-0.2, 0) is 4.79 Å². The maximum absolute atomic E-state index is 12.0. The zero-order chi connectivity index (χ0) is 17.8. The number of rotatable bonds is 5. The van der Waals surface area contributed by atoms with Gasteiger partial charge in [-0.3, -0.25) is 14.9 Å². The van der Waals surface area contributed by atoms with E-state index >= 15 is 0 Å². The molecule has 3 rings (SSSR count). The van der Waals surface area contributed by atoms with Crippen LogP contribution >= 0.6 is 11.8 Å². The molecule has 2 aromatic carbocycles. The molecule has 130 valence electrons. The highest BCUT2D eigenvalue weighted by atomic mass is 32.2. The lowest BCUT2D eigenvalue weighted by Crippen LogP contribution is -2.15. The third-order valence-corrected chi connectivity index (χ3v) is 4.43. The zero-order valence-electron chi connectivity index (χ0n) is 13.4. The first kappa shape index (κ1) is 17.1. The molecule has 0 fully saturated rings. The van der Waals surface area contributed by atoms with Gasteiger partial charge in [0.1, 0.15) is 19.0 Å². The van der Waals surface area contributed by atoms with Gasteiger partial charge in [0.05, 0.1) is 10.7 Å². The quantitative estimate of drug-likeness (QED) is 0.265. The van der Waals surface area contributed by atoms with Crippen molar-refractivity contribution >= 4 is 23.4 Å². The molecular weight excluding hydrogens is 346 g/mol. The van der Waals surface area contributed by atoms with Crippen LogP contribution in [0.2, 0.25) is 0 Å². The Hall–Kier alpha value is -2.74. The molecule has 0 bridgehead atoms. The number of benzene rings is 2. The molecule has 0 aliphatic carbocycles. The largest absolute Gasteiger partial charge is 0.486 e. The molecule has 0 aromatic heterocycles. The Labute approximate surface area is 148 Å². The molecule has 0 saturated carbocycles. The molecule has 0 spiro atoms. The predicted molar refractivity (Wildman–Crippen MR) is 91.6 cm³/mol. The van der Waals surface area contributed by atoms with Crippen LogP contribution < -0.4 is 14.2 Å². The van der Waals surface area contributed by atoms with Crippen molar-refractivity contribution in [2.24, 2.45) is 0 Å². The van der Waals surface area contributed by atoms with Crippen molar-refractivity contribution in [2.75, 3.05) is 19.0 Å². The topological polar surface area (TPSA) is 87.9 Å². The van der Waals surface area contributed by atoms with Crippen molar-refractivity contribution in [3.8, 4) is 17.2 Å². The van der Waals surface area contributed by atoms with Gasteiger partial charge >= 0.3 is 5.97 Å². The van der Waals surface area contributed by atoms with Crippen molar-refractivity contribution < 1.29 is 23.9 Å². The second-order valence-corrected chi connectivity index (χ2v) is 6.32. The fraction of sp³-hybridized carbons (Fsp3) is 0.235. The lowest BCUT2D eigenvalue weighted by Gasteiger charge is -2.18. The molecule has 1 aliphatic heterocycles.